The van der Waals surface area contributed by atoms with Crippen molar-refractivity contribution in [3.05, 3.63) is 35.9 Å². The van der Waals surface area contributed by atoms with Crippen LogP contribution >= 0.6 is 0 Å². The zero-order chi connectivity index (χ0) is 17.6. The quantitative estimate of drug-likeness (QED) is 0.797. The van der Waals surface area contributed by atoms with Crippen LogP contribution in [0.4, 0.5) is 0 Å². The van der Waals surface area contributed by atoms with Crippen LogP contribution in [0.3, 0.4) is 0 Å². The molecule has 0 unspecified atom stereocenters. The van der Waals surface area contributed by atoms with Gasteiger partial charge >= 0.3 is 0 Å². The highest BCUT2D eigenvalue weighted by Crippen LogP contribution is 2.22. The zero-order valence-corrected chi connectivity index (χ0v) is 15.9. The zero-order valence-electron chi connectivity index (χ0n) is 15.9. The van der Waals surface area contributed by atoms with E-state index in [9.17, 15) is 0 Å². The maximum Gasteiger partial charge on any atom is 0.0655 e. The monoisotopic (exact) mass is 329 g/mol. The van der Waals surface area contributed by atoms with Crippen molar-refractivity contribution in [2.75, 3.05) is 33.2 Å². The first-order chi connectivity index (χ1) is 11.8. The first-order valence-corrected chi connectivity index (χ1v) is 9.62. The third-order valence-electron chi connectivity index (χ3n) is 4.63. The highest BCUT2D eigenvalue weighted by atomic mass is 15.2. The number of nitriles is 1. The largest absolute Gasteiger partial charge is 0.304 e. The van der Waals surface area contributed by atoms with E-state index in [0.717, 1.165) is 19.4 Å². The van der Waals surface area contributed by atoms with Gasteiger partial charge in [0.15, 0.2) is 0 Å². The van der Waals surface area contributed by atoms with Gasteiger partial charge in [-0.05, 0) is 25.5 Å². The molecule has 2 aliphatic rings. The van der Waals surface area contributed by atoms with Crippen LogP contribution in [0.25, 0.3) is 0 Å². The van der Waals surface area contributed by atoms with Crippen molar-refractivity contribution in [1.82, 2.24) is 9.80 Å². The number of nitrogens with zero attached hydrogens (tertiary/aromatic N) is 3. The number of piperazine rings is 1. The third kappa shape index (κ3) is 8.47. The smallest absolute Gasteiger partial charge is 0.0655 e. The van der Waals surface area contributed by atoms with E-state index in [1.807, 2.05) is 13.8 Å². The summed E-state index contributed by atoms with van der Waals surface area (Å²) in [7, 11) is 2.19. The summed E-state index contributed by atoms with van der Waals surface area (Å²) in [4.78, 5) is 4.91. The summed E-state index contributed by atoms with van der Waals surface area (Å²) in [6.07, 6.45) is 6.20. The molecule has 3 heteroatoms. The molecule has 0 amide bonds. The fourth-order valence-electron chi connectivity index (χ4n) is 3.08. The lowest BCUT2D eigenvalue weighted by atomic mass is 9.91. The Bertz CT molecular complexity index is 438. The number of likely N-dealkylation sites (N-methyl/N-ethyl adjacent to an activating group) is 1. The Morgan fingerprint density at radius 2 is 1.54 bits per heavy atom. The number of hydrogen-bond donors (Lipinski definition) is 0. The molecule has 0 spiro atoms. The molecule has 0 aromatic heterocycles. The Hall–Kier alpha value is -1.37. The van der Waals surface area contributed by atoms with Crippen LogP contribution in [0, 0.1) is 17.2 Å². The van der Waals surface area contributed by atoms with Crippen LogP contribution in [-0.2, 0) is 6.54 Å². The molecule has 3 rings (SSSR count). The molecule has 2 fully saturated rings. The lowest BCUT2D eigenvalue weighted by Crippen LogP contribution is -2.43. The van der Waals surface area contributed by atoms with Crippen LogP contribution in [0.1, 0.15) is 51.5 Å². The molecule has 0 bridgehead atoms. The Balaban J connectivity index is 0.000000245. The summed E-state index contributed by atoms with van der Waals surface area (Å²) in [6.45, 7) is 9.91. The molecule has 1 aliphatic heterocycles. The van der Waals surface area contributed by atoms with Gasteiger partial charge in [0.05, 0.1) is 6.07 Å². The Morgan fingerprint density at radius 1 is 0.958 bits per heavy atom. The van der Waals surface area contributed by atoms with Crippen LogP contribution in [0.2, 0.25) is 0 Å². The first kappa shape index (κ1) is 20.7. The summed E-state index contributed by atoms with van der Waals surface area (Å²) >= 11 is 0. The van der Waals surface area contributed by atoms with E-state index in [4.69, 9.17) is 5.26 Å². The van der Waals surface area contributed by atoms with Crippen molar-refractivity contribution < 1.29 is 0 Å². The van der Waals surface area contributed by atoms with Gasteiger partial charge in [0.25, 0.3) is 0 Å². The van der Waals surface area contributed by atoms with Crippen LogP contribution in [0.5, 0.6) is 0 Å². The van der Waals surface area contributed by atoms with Gasteiger partial charge in [0, 0.05) is 38.6 Å². The predicted molar refractivity (Wildman–Crippen MR) is 103 cm³/mol. The van der Waals surface area contributed by atoms with Gasteiger partial charge in [0.2, 0.25) is 0 Å². The van der Waals surface area contributed by atoms with E-state index in [1.54, 1.807) is 0 Å². The molecule has 1 saturated heterocycles. The second kappa shape index (κ2) is 13.0. The molecule has 3 nitrogen and oxygen atoms in total. The average molecular weight is 330 g/mol. The van der Waals surface area contributed by atoms with E-state index < -0.39 is 0 Å². The summed E-state index contributed by atoms with van der Waals surface area (Å²) in [5.41, 5.74) is 1.43. The molecule has 24 heavy (non-hydrogen) atoms. The molecule has 0 radical (unpaired) electrons. The van der Waals surface area contributed by atoms with Gasteiger partial charge in [-0.15, -0.1) is 0 Å². The predicted octanol–water partition coefficient (Wildman–Crippen LogP) is 4.55. The average Bonchev–Trinajstić information content (AvgIpc) is 2.67. The molecular formula is C21H35N3. The van der Waals surface area contributed by atoms with Gasteiger partial charge < -0.3 is 4.90 Å². The fourth-order valence-corrected chi connectivity index (χ4v) is 3.08. The highest BCUT2D eigenvalue weighted by molar-refractivity contribution is 5.14. The fraction of sp³-hybridized carbons (Fsp3) is 0.667. The topological polar surface area (TPSA) is 30.3 Å². The SMILES string of the molecule is CC.CN1CCN(Cc2ccccc2)CC1.N#CC1CCCCC1. The summed E-state index contributed by atoms with van der Waals surface area (Å²) in [5, 5.41) is 8.44. The Morgan fingerprint density at radius 3 is 2.04 bits per heavy atom. The molecule has 0 N–H and O–H groups in total. The van der Waals surface area contributed by atoms with Crippen LogP contribution < -0.4 is 0 Å². The van der Waals surface area contributed by atoms with E-state index >= 15 is 0 Å². The summed E-state index contributed by atoms with van der Waals surface area (Å²) in [6, 6.07) is 13.0. The van der Waals surface area contributed by atoms with Crippen molar-refractivity contribution in [3.63, 3.8) is 0 Å². The van der Waals surface area contributed by atoms with E-state index in [1.165, 1.54) is 51.0 Å². The maximum absolute atomic E-state index is 8.44. The van der Waals surface area contributed by atoms with E-state index in [0.29, 0.717) is 5.92 Å². The number of hydrogen-bond acceptors (Lipinski definition) is 3. The summed E-state index contributed by atoms with van der Waals surface area (Å²) in [5.74, 6) is 0.392. The summed E-state index contributed by atoms with van der Waals surface area (Å²) < 4.78 is 0. The van der Waals surface area contributed by atoms with Crippen LogP contribution in [0.15, 0.2) is 30.3 Å². The lowest BCUT2D eigenvalue weighted by molar-refractivity contribution is 0.148. The lowest BCUT2D eigenvalue weighted by Gasteiger charge is -2.32. The molecule has 1 aromatic carbocycles. The standard InChI is InChI=1S/C12H18N2.C7H11N.C2H6/c1-13-7-9-14(10-8-13)11-12-5-3-2-4-6-12;8-6-7-4-2-1-3-5-7;1-2/h2-6H,7-11H2,1H3;7H,1-5H2;1-2H3. The van der Waals surface area contributed by atoms with Crippen molar-refractivity contribution in [1.29, 1.82) is 5.26 Å². The van der Waals surface area contributed by atoms with E-state index in [2.05, 4.69) is 53.2 Å². The van der Waals surface area contributed by atoms with Gasteiger partial charge in [-0.2, -0.15) is 5.26 Å². The van der Waals surface area contributed by atoms with Crippen molar-refractivity contribution in [2.24, 2.45) is 5.92 Å². The number of rotatable bonds is 2. The van der Waals surface area contributed by atoms with Crippen molar-refractivity contribution in [3.8, 4) is 6.07 Å². The number of benzene rings is 1. The third-order valence-corrected chi connectivity index (χ3v) is 4.63. The molecule has 1 aliphatic carbocycles. The van der Waals surface area contributed by atoms with Gasteiger partial charge in [-0.25, -0.2) is 0 Å². The molecule has 1 aromatic rings. The van der Waals surface area contributed by atoms with Gasteiger partial charge in [-0.3, -0.25) is 4.90 Å². The Kier molecular flexibility index (Phi) is 11.2. The maximum atomic E-state index is 8.44. The second-order valence-electron chi connectivity index (χ2n) is 6.53. The van der Waals surface area contributed by atoms with Crippen LogP contribution in [-0.4, -0.2) is 43.0 Å². The molecule has 1 saturated carbocycles. The van der Waals surface area contributed by atoms with E-state index in [-0.39, 0.29) is 0 Å². The van der Waals surface area contributed by atoms with Gasteiger partial charge in [-0.1, -0.05) is 63.4 Å². The normalized spacial score (nSPS) is 19.2. The van der Waals surface area contributed by atoms with Gasteiger partial charge in [0.1, 0.15) is 0 Å². The second-order valence-corrected chi connectivity index (χ2v) is 6.53. The highest BCUT2D eigenvalue weighted by Gasteiger charge is 2.13. The molecule has 1 heterocycles. The first-order valence-electron chi connectivity index (χ1n) is 9.62. The molecule has 134 valence electrons. The minimum Gasteiger partial charge on any atom is -0.304 e. The molecule has 0 atom stereocenters. The Labute approximate surface area is 149 Å². The van der Waals surface area contributed by atoms with Crippen molar-refractivity contribution in [2.45, 2.75) is 52.5 Å². The minimum absolute atomic E-state index is 0.392. The molecular weight excluding hydrogens is 294 g/mol. The minimum atomic E-state index is 0.392. The van der Waals surface area contributed by atoms with Crippen molar-refractivity contribution >= 4 is 0 Å².